The highest BCUT2D eigenvalue weighted by molar-refractivity contribution is 7.16. The Bertz CT molecular complexity index is 939. The van der Waals surface area contributed by atoms with E-state index in [-0.39, 0.29) is 5.91 Å². The van der Waals surface area contributed by atoms with Crippen LogP contribution in [0.15, 0.2) is 11.7 Å². The highest BCUT2D eigenvalue weighted by atomic mass is 32.1. The van der Waals surface area contributed by atoms with Crippen LogP contribution in [0.3, 0.4) is 0 Å². The predicted molar refractivity (Wildman–Crippen MR) is 101 cm³/mol. The lowest BCUT2D eigenvalue weighted by Crippen LogP contribution is -2.31. The molecular formula is C17H19N5OS2. The molecule has 0 bridgehead atoms. The summed E-state index contributed by atoms with van der Waals surface area (Å²) in [5.74, 6) is -0.000595. The largest absolute Gasteiger partial charge is 0.283 e. The summed E-state index contributed by atoms with van der Waals surface area (Å²) in [6.07, 6.45) is 4.69. The lowest BCUT2D eigenvalue weighted by Gasteiger charge is -2.18. The van der Waals surface area contributed by atoms with Crippen LogP contribution in [0.2, 0.25) is 0 Å². The smallest absolute Gasteiger partial charge is 0.272 e. The van der Waals surface area contributed by atoms with Crippen molar-refractivity contribution in [2.75, 3.05) is 11.4 Å². The van der Waals surface area contributed by atoms with Gasteiger partial charge < -0.3 is 0 Å². The van der Waals surface area contributed by atoms with Gasteiger partial charge in [-0.25, -0.2) is 9.97 Å². The van der Waals surface area contributed by atoms with E-state index in [9.17, 15) is 4.79 Å². The third-order valence-corrected chi connectivity index (χ3v) is 6.51. The van der Waals surface area contributed by atoms with E-state index >= 15 is 0 Å². The Hall–Kier alpha value is -2.06. The van der Waals surface area contributed by atoms with Crippen molar-refractivity contribution in [2.24, 2.45) is 7.05 Å². The van der Waals surface area contributed by atoms with Crippen molar-refractivity contribution in [1.29, 1.82) is 0 Å². The van der Waals surface area contributed by atoms with Gasteiger partial charge in [-0.3, -0.25) is 14.4 Å². The minimum atomic E-state index is -0.000595. The van der Waals surface area contributed by atoms with Gasteiger partial charge in [0, 0.05) is 29.7 Å². The first kappa shape index (κ1) is 16.4. The molecule has 0 unspecified atom stereocenters. The first-order chi connectivity index (χ1) is 12.1. The molecule has 3 aromatic heterocycles. The maximum atomic E-state index is 13.0. The molecule has 0 aromatic carbocycles. The zero-order valence-corrected chi connectivity index (χ0v) is 16.1. The lowest BCUT2D eigenvalue weighted by atomic mass is 10.0. The molecule has 1 aliphatic carbocycles. The van der Waals surface area contributed by atoms with Crippen molar-refractivity contribution < 1.29 is 4.79 Å². The standard InChI is InChI=1S/C17H19N5OS2/c1-4-7-22(16(23)15-10(2)18-9-24-15)17-20-14-11-8-19-21(3)12(11)5-6-13(14)25-17/h8-9H,4-7H2,1-3H3. The average molecular weight is 374 g/mol. The van der Waals surface area contributed by atoms with Gasteiger partial charge in [-0.15, -0.1) is 22.7 Å². The summed E-state index contributed by atoms with van der Waals surface area (Å²) in [6, 6.07) is 0. The van der Waals surface area contributed by atoms with Crippen LogP contribution in [-0.4, -0.2) is 32.2 Å². The number of aromatic nitrogens is 4. The van der Waals surface area contributed by atoms with Gasteiger partial charge in [0.25, 0.3) is 5.91 Å². The van der Waals surface area contributed by atoms with Crippen LogP contribution in [0.1, 0.15) is 39.3 Å². The Balaban J connectivity index is 1.74. The number of hydrogen-bond donors (Lipinski definition) is 0. The Morgan fingerprint density at radius 3 is 2.96 bits per heavy atom. The Morgan fingerprint density at radius 2 is 2.24 bits per heavy atom. The number of fused-ring (bicyclic) bond motifs is 3. The third-order valence-electron chi connectivity index (χ3n) is 4.45. The molecule has 3 aromatic rings. The molecule has 3 heterocycles. The van der Waals surface area contributed by atoms with E-state index < -0.39 is 0 Å². The van der Waals surface area contributed by atoms with Crippen LogP contribution in [-0.2, 0) is 19.9 Å². The van der Waals surface area contributed by atoms with Crippen molar-refractivity contribution in [1.82, 2.24) is 19.7 Å². The Kier molecular flexibility index (Phi) is 4.16. The summed E-state index contributed by atoms with van der Waals surface area (Å²) in [4.78, 5) is 25.8. The second-order valence-electron chi connectivity index (χ2n) is 6.12. The number of hydrogen-bond acceptors (Lipinski definition) is 6. The first-order valence-corrected chi connectivity index (χ1v) is 10.0. The summed E-state index contributed by atoms with van der Waals surface area (Å²) < 4.78 is 1.92. The predicted octanol–water partition coefficient (Wildman–Crippen LogP) is 3.46. The molecule has 1 aliphatic rings. The normalized spacial score (nSPS) is 12.8. The number of thiazole rings is 2. The van der Waals surface area contributed by atoms with E-state index in [1.807, 2.05) is 24.9 Å². The van der Waals surface area contributed by atoms with E-state index in [0.29, 0.717) is 11.4 Å². The molecule has 0 fully saturated rings. The highest BCUT2D eigenvalue weighted by Crippen LogP contribution is 2.39. The fourth-order valence-corrected chi connectivity index (χ4v) is 5.01. The van der Waals surface area contributed by atoms with Gasteiger partial charge >= 0.3 is 0 Å². The quantitative estimate of drug-likeness (QED) is 0.702. The first-order valence-electron chi connectivity index (χ1n) is 8.33. The number of nitrogens with zero attached hydrogens (tertiary/aromatic N) is 5. The molecule has 4 rings (SSSR count). The van der Waals surface area contributed by atoms with Crippen molar-refractivity contribution in [3.63, 3.8) is 0 Å². The molecule has 0 atom stereocenters. The Morgan fingerprint density at radius 1 is 1.40 bits per heavy atom. The summed E-state index contributed by atoms with van der Waals surface area (Å²) in [7, 11) is 1.97. The maximum absolute atomic E-state index is 13.0. The summed E-state index contributed by atoms with van der Waals surface area (Å²) in [6.45, 7) is 4.61. The molecule has 0 radical (unpaired) electrons. The van der Waals surface area contributed by atoms with E-state index in [2.05, 4.69) is 17.0 Å². The lowest BCUT2D eigenvalue weighted by molar-refractivity contribution is 0.0990. The zero-order valence-electron chi connectivity index (χ0n) is 14.4. The Labute approximate surface area is 154 Å². The van der Waals surface area contributed by atoms with Gasteiger partial charge in [-0.1, -0.05) is 6.92 Å². The van der Waals surface area contributed by atoms with Gasteiger partial charge in [-0.05, 0) is 26.2 Å². The average Bonchev–Trinajstić information content (AvgIpc) is 3.30. The van der Waals surface area contributed by atoms with Gasteiger partial charge in [0.2, 0.25) is 0 Å². The SMILES string of the molecule is CCCN(C(=O)c1scnc1C)c1nc2c(s1)CCc1c-2cnn1C. The van der Waals surface area contributed by atoms with Crippen LogP contribution in [0.25, 0.3) is 11.3 Å². The number of carbonyl (C=O) groups excluding carboxylic acids is 1. The zero-order chi connectivity index (χ0) is 17.6. The van der Waals surface area contributed by atoms with Gasteiger partial charge in [0.1, 0.15) is 4.88 Å². The topological polar surface area (TPSA) is 63.9 Å². The molecule has 130 valence electrons. The van der Waals surface area contributed by atoms with Crippen molar-refractivity contribution >= 4 is 33.7 Å². The fourth-order valence-electron chi connectivity index (χ4n) is 3.16. The molecule has 25 heavy (non-hydrogen) atoms. The molecule has 6 nitrogen and oxygen atoms in total. The molecule has 8 heteroatoms. The number of aryl methyl sites for hydroxylation is 3. The number of carbonyl (C=O) groups is 1. The maximum Gasteiger partial charge on any atom is 0.272 e. The van der Waals surface area contributed by atoms with Crippen LogP contribution in [0.5, 0.6) is 0 Å². The summed E-state index contributed by atoms with van der Waals surface area (Å²) >= 11 is 3.02. The number of amides is 1. The van der Waals surface area contributed by atoms with Gasteiger partial charge in [-0.2, -0.15) is 5.10 Å². The second-order valence-corrected chi connectivity index (χ2v) is 8.04. The molecule has 0 saturated heterocycles. The molecule has 1 amide bonds. The van der Waals surface area contributed by atoms with Crippen molar-refractivity contribution in [3.05, 3.63) is 32.8 Å². The van der Waals surface area contributed by atoms with Crippen LogP contribution in [0, 0.1) is 6.92 Å². The van der Waals surface area contributed by atoms with E-state index in [1.165, 1.54) is 21.9 Å². The molecule has 0 aliphatic heterocycles. The molecule has 0 spiro atoms. The molecule has 0 N–H and O–H groups in total. The van der Waals surface area contributed by atoms with Crippen LogP contribution in [0.4, 0.5) is 5.13 Å². The monoisotopic (exact) mass is 373 g/mol. The number of rotatable bonds is 4. The second kappa shape index (κ2) is 6.34. The molecule has 0 saturated carbocycles. The summed E-state index contributed by atoms with van der Waals surface area (Å²) in [5, 5.41) is 5.15. The van der Waals surface area contributed by atoms with Gasteiger partial charge in [0.05, 0.1) is 23.1 Å². The minimum absolute atomic E-state index is 0.000595. The van der Waals surface area contributed by atoms with Crippen molar-refractivity contribution in [2.45, 2.75) is 33.1 Å². The molecular weight excluding hydrogens is 354 g/mol. The van der Waals surface area contributed by atoms with E-state index in [4.69, 9.17) is 4.98 Å². The number of anilines is 1. The third kappa shape index (κ3) is 2.69. The highest BCUT2D eigenvalue weighted by Gasteiger charge is 2.28. The van der Waals surface area contributed by atoms with E-state index in [1.54, 1.807) is 21.7 Å². The van der Waals surface area contributed by atoms with Crippen LogP contribution >= 0.6 is 22.7 Å². The summed E-state index contributed by atoms with van der Waals surface area (Å²) in [5.41, 5.74) is 5.82. The van der Waals surface area contributed by atoms with Crippen molar-refractivity contribution in [3.8, 4) is 11.3 Å². The fraction of sp³-hybridized carbons (Fsp3) is 0.412. The van der Waals surface area contributed by atoms with E-state index in [0.717, 1.165) is 41.3 Å². The van der Waals surface area contributed by atoms with Crippen LogP contribution < -0.4 is 4.90 Å². The minimum Gasteiger partial charge on any atom is -0.283 e. The van der Waals surface area contributed by atoms with Gasteiger partial charge in [0.15, 0.2) is 5.13 Å².